The molecule has 1 aromatic rings. The zero-order valence-corrected chi connectivity index (χ0v) is 15.2. The van der Waals surface area contributed by atoms with Gasteiger partial charge in [0.1, 0.15) is 0 Å². The van der Waals surface area contributed by atoms with Crippen molar-refractivity contribution in [2.75, 3.05) is 6.54 Å². The first-order valence-electron chi connectivity index (χ1n) is 8.44. The Kier molecular flexibility index (Phi) is 10.2. The van der Waals surface area contributed by atoms with Crippen molar-refractivity contribution in [1.29, 1.82) is 0 Å². The highest BCUT2D eigenvalue weighted by atomic mass is 32.2. The summed E-state index contributed by atoms with van der Waals surface area (Å²) in [5.41, 5.74) is 0.291. The van der Waals surface area contributed by atoms with Gasteiger partial charge in [-0.25, -0.2) is 0 Å². The maximum absolute atomic E-state index is 11.9. The van der Waals surface area contributed by atoms with Crippen LogP contribution in [0.2, 0.25) is 0 Å². The molecule has 7 heteroatoms. The van der Waals surface area contributed by atoms with Gasteiger partial charge in [0.15, 0.2) is 0 Å². The number of rotatable bonds is 11. The van der Waals surface area contributed by atoms with Crippen LogP contribution in [0.5, 0.6) is 0 Å². The quantitative estimate of drug-likeness (QED) is 0.271. The van der Waals surface area contributed by atoms with Crippen LogP contribution in [0.15, 0.2) is 35.7 Å². The fraction of sp³-hybridized carbons (Fsp3) is 0.444. The summed E-state index contributed by atoms with van der Waals surface area (Å²) in [4.78, 5) is 33.6. The highest BCUT2D eigenvalue weighted by Gasteiger charge is 2.09. The summed E-state index contributed by atoms with van der Waals surface area (Å²) in [5, 5.41) is 14.5. The Hall–Kier alpha value is -2.15. The number of benzene rings is 1. The summed E-state index contributed by atoms with van der Waals surface area (Å²) in [6, 6.07) is 5.37. The Labute approximate surface area is 152 Å². The molecule has 0 saturated heterocycles. The largest absolute Gasteiger partial charge is 0.353 e. The Morgan fingerprint density at radius 2 is 1.76 bits per heavy atom. The lowest BCUT2D eigenvalue weighted by Crippen LogP contribution is -2.21. The van der Waals surface area contributed by atoms with Gasteiger partial charge < -0.3 is 5.32 Å². The molecule has 1 aromatic carbocycles. The van der Waals surface area contributed by atoms with Gasteiger partial charge in [-0.15, -0.1) is 0 Å². The van der Waals surface area contributed by atoms with Crippen LogP contribution in [0.25, 0.3) is 0 Å². The topological polar surface area (TPSA) is 89.3 Å². The molecule has 1 rings (SSSR count). The number of non-ortho nitro benzene ring substituents is 1. The first-order chi connectivity index (χ1) is 12.0. The van der Waals surface area contributed by atoms with Gasteiger partial charge in [-0.05, 0) is 24.0 Å². The lowest BCUT2D eigenvalue weighted by molar-refractivity contribution is -0.384. The predicted molar refractivity (Wildman–Crippen MR) is 101 cm³/mol. The van der Waals surface area contributed by atoms with E-state index in [9.17, 15) is 19.7 Å². The summed E-state index contributed by atoms with van der Waals surface area (Å²) < 4.78 is 0. The Bertz CT molecular complexity index is 600. The smallest absolute Gasteiger partial charge is 0.269 e. The first-order valence-corrected chi connectivity index (χ1v) is 9.32. The summed E-state index contributed by atoms with van der Waals surface area (Å²) in [6.45, 7) is 2.81. The van der Waals surface area contributed by atoms with Crippen LogP contribution in [0.3, 0.4) is 0 Å². The van der Waals surface area contributed by atoms with E-state index < -0.39 is 4.92 Å². The van der Waals surface area contributed by atoms with E-state index in [0.29, 0.717) is 12.1 Å². The number of hydrogen-bond acceptors (Lipinski definition) is 5. The molecule has 0 aromatic heterocycles. The molecule has 6 nitrogen and oxygen atoms in total. The summed E-state index contributed by atoms with van der Waals surface area (Å²) >= 11 is 0.875. The molecule has 0 spiro atoms. The van der Waals surface area contributed by atoms with Gasteiger partial charge in [-0.2, -0.15) is 0 Å². The average Bonchev–Trinajstić information content (AvgIpc) is 2.61. The standard InChI is InChI=1S/C18H24N2O4S/c1-2-3-4-5-6-7-13-19-17(21)12-14-25-18(22)15-8-10-16(11-9-15)20(23)24/h8-12,14H,2-7,13H2,1H3,(H,19,21)/b14-12-. The minimum atomic E-state index is -0.518. The number of nitro benzene ring substituents is 1. The van der Waals surface area contributed by atoms with Crippen LogP contribution in [-0.2, 0) is 4.79 Å². The number of unbranched alkanes of at least 4 members (excludes halogenated alkanes) is 5. The Morgan fingerprint density at radius 1 is 1.12 bits per heavy atom. The zero-order valence-electron chi connectivity index (χ0n) is 14.4. The third-order valence-corrected chi connectivity index (χ3v) is 4.26. The van der Waals surface area contributed by atoms with Gasteiger partial charge in [-0.1, -0.05) is 50.8 Å². The third kappa shape index (κ3) is 9.05. The molecule has 0 radical (unpaired) electrons. The average molecular weight is 364 g/mol. The number of amides is 1. The molecule has 25 heavy (non-hydrogen) atoms. The molecule has 0 heterocycles. The summed E-state index contributed by atoms with van der Waals surface area (Å²) in [6.07, 6.45) is 8.30. The van der Waals surface area contributed by atoms with Crippen LogP contribution in [-0.4, -0.2) is 22.5 Å². The third-order valence-electron chi connectivity index (χ3n) is 3.54. The molecule has 0 fully saturated rings. The van der Waals surface area contributed by atoms with E-state index >= 15 is 0 Å². The van der Waals surface area contributed by atoms with Crippen LogP contribution in [0.1, 0.15) is 55.8 Å². The highest BCUT2D eigenvalue weighted by Crippen LogP contribution is 2.17. The minimum absolute atomic E-state index is 0.0637. The highest BCUT2D eigenvalue weighted by molar-refractivity contribution is 8.16. The molecule has 0 aliphatic heterocycles. The van der Waals surface area contributed by atoms with Crippen LogP contribution in [0, 0.1) is 10.1 Å². The van der Waals surface area contributed by atoms with Crippen molar-refractivity contribution in [2.24, 2.45) is 0 Å². The summed E-state index contributed by atoms with van der Waals surface area (Å²) in [7, 11) is 0. The fourth-order valence-electron chi connectivity index (χ4n) is 2.12. The van der Waals surface area contributed by atoms with Crippen molar-refractivity contribution in [1.82, 2.24) is 5.32 Å². The van der Waals surface area contributed by atoms with E-state index in [1.54, 1.807) is 0 Å². The van der Waals surface area contributed by atoms with Gasteiger partial charge in [0.25, 0.3) is 5.69 Å². The van der Waals surface area contributed by atoms with Crippen LogP contribution < -0.4 is 5.32 Å². The normalized spacial score (nSPS) is 10.8. The number of thioether (sulfide) groups is 1. The molecule has 1 N–H and O–H groups in total. The molecule has 0 bridgehead atoms. The second-order valence-corrected chi connectivity index (χ2v) is 6.45. The molecule has 1 amide bonds. The molecule has 136 valence electrons. The van der Waals surface area contributed by atoms with Crippen molar-refractivity contribution in [2.45, 2.75) is 45.4 Å². The van der Waals surface area contributed by atoms with E-state index in [1.165, 1.54) is 61.4 Å². The van der Waals surface area contributed by atoms with Crippen molar-refractivity contribution in [3.63, 3.8) is 0 Å². The van der Waals surface area contributed by atoms with E-state index in [0.717, 1.165) is 24.6 Å². The number of nitro groups is 1. The van der Waals surface area contributed by atoms with Crippen LogP contribution >= 0.6 is 11.8 Å². The van der Waals surface area contributed by atoms with Gasteiger partial charge in [-0.3, -0.25) is 19.7 Å². The van der Waals surface area contributed by atoms with Gasteiger partial charge in [0.05, 0.1) is 4.92 Å². The monoisotopic (exact) mass is 364 g/mol. The van der Waals surface area contributed by atoms with Gasteiger partial charge >= 0.3 is 0 Å². The first kappa shape index (κ1) is 20.9. The van der Waals surface area contributed by atoms with Gasteiger partial charge in [0.2, 0.25) is 11.0 Å². The maximum Gasteiger partial charge on any atom is 0.269 e. The molecule has 0 aliphatic rings. The Morgan fingerprint density at radius 3 is 2.40 bits per heavy atom. The maximum atomic E-state index is 11.9. The molecule has 0 aliphatic carbocycles. The lowest BCUT2D eigenvalue weighted by Gasteiger charge is -2.02. The van der Waals surface area contributed by atoms with Crippen molar-refractivity contribution in [3.05, 3.63) is 51.4 Å². The molecule has 0 unspecified atom stereocenters. The number of hydrogen-bond donors (Lipinski definition) is 1. The SMILES string of the molecule is CCCCCCCCNC(=O)/C=C\SC(=O)c1ccc([N+](=O)[O-])cc1. The zero-order chi connectivity index (χ0) is 18.5. The molecular formula is C18H24N2O4S. The number of carbonyl (C=O) groups is 2. The molecule has 0 saturated carbocycles. The van der Waals surface area contributed by atoms with E-state index in [2.05, 4.69) is 12.2 Å². The molecule has 0 atom stereocenters. The van der Waals surface area contributed by atoms with E-state index in [-0.39, 0.29) is 16.7 Å². The van der Waals surface area contributed by atoms with Crippen molar-refractivity contribution >= 4 is 28.5 Å². The summed E-state index contributed by atoms with van der Waals surface area (Å²) in [5.74, 6) is -0.224. The fourth-order valence-corrected chi connectivity index (χ4v) is 2.71. The second kappa shape index (κ2) is 12.2. The van der Waals surface area contributed by atoms with E-state index in [1.807, 2.05) is 0 Å². The van der Waals surface area contributed by atoms with E-state index in [4.69, 9.17) is 0 Å². The minimum Gasteiger partial charge on any atom is -0.353 e. The number of nitrogens with zero attached hydrogens (tertiary/aromatic N) is 1. The number of carbonyl (C=O) groups excluding carboxylic acids is 2. The predicted octanol–water partition coefficient (Wildman–Crippen LogP) is 4.46. The van der Waals surface area contributed by atoms with Crippen molar-refractivity contribution < 1.29 is 14.5 Å². The van der Waals surface area contributed by atoms with Crippen molar-refractivity contribution in [3.8, 4) is 0 Å². The second-order valence-electron chi connectivity index (χ2n) is 5.57. The lowest BCUT2D eigenvalue weighted by atomic mass is 10.1. The van der Waals surface area contributed by atoms with Crippen LogP contribution in [0.4, 0.5) is 5.69 Å². The number of nitrogens with one attached hydrogen (secondary N) is 1. The molecular weight excluding hydrogens is 340 g/mol. The van der Waals surface area contributed by atoms with Gasteiger partial charge in [0, 0.05) is 30.3 Å². The Balaban J connectivity index is 2.23.